The number of carbonyl (C=O) groups excluding carboxylic acids is 1. The van der Waals surface area contributed by atoms with Gasteiger partial charge >= 0.3 is 0 Å². The molecule has 0 aliphatic heterocycles. The maximum atomic E-state index is 12.3. The molecule has 1 saturated carbocycles. The van der Waals surface area contributed by atoms with Gasteiger partial charge in [0.1, 0.15) is 11.8 Å². The molecule has 1 aromatic heterocycles. The van der Waals surface area contributed by atoms with Crippen LogP contribution in [0.1, 0.15) is 42.6 Å². The van der Waals surface area contributed by atoms with E-state index in [-0.39, 0.29) is 11.7 Å². The number of nitrogens with zero attached hydrogens (tertiary/aromatic N) is 2. The van der Waals surface area contributed by atoms with E-state index in [1.54, 1.807) is 7.05 Å². The van der Waals surface area contributed by atoms with Crippen molar-refractivity contribution in [2.75, 3.05) is 7.11 Å². The molecule has 0 radical (unpaired) electrons. The van der Waals surface area contributed by atoms with Crippen LogP contribution in [-0.4, -0.2) is 33.9 Å². The molecule has 1 fully saturated rings. The largest absolute Gasteiger partial charge is 0.493 e. The fourth-order valence-electron chi connectivity index (χ4n) is 2.65. The van der Waals surface area contributed by atoms with Crippen molar-refractivity contribution in [3.8, 4) is 5.75 Å². The molecule has 1 aromatic rings. The van der Waals surface area contributed by atoms with Crippen LogP contribution in [0.3, 0.4) is 0 Å². The van der Waals surface area contributed by atoms with E-state index in [1.807, 2.05) is 0 Å². The molecule has 1 aliphatic rings. The number of rotatable bonds is 4. The molecule has 5 heteroatoms. The molecule has 0 aromatic carbocycles. The van der Waals surface area contributed by atoms with Crippen LogP contribution in [0.25, 0.3) is 0 Å². The van der Waals surface area contributed by atoms with E-state index >= 15 is 0 Å². The minimum Gasteiger partial charge on any atom is -0.493 e. The Hall–Kier alpha value is -1.36. The van der Waals surface area contributed by atoms with Gasteiger partial charge in [0.25, 0.3) is 0 Å². The fourth-order valence-corrected chi connectivity index (χ4v) is 2.65. The molecular formula is C13H20N2O3. The first-order valence-corrected chi connectivity index (χ1v) is 6.43. The summed E-state index contributed by atoms with van der Waals surface area (Å²) in [4.78, 5) is 12.3. The van der Waals surface area contributed by atoms with Crippen molar-refractivity contribution in [2.45, 2.75) is 38.2 Å². The van der Waals surface area contributed by atoms with E-state index in [1.165, 1.54) is 24.4 Å². The molecule has 0 saturated heterocycles. The average molecular weight is 252 g/mol. The highest BCUT2D eigenvalue weighted by atomic mass is 16.5. The molecule has 0 amide bonds. The number of aliphatic hydroxyl groups excluding tert-OH is 1. The number of aryl methyl sites for hydroxylation is 1. The number of Topliss-reactive ketones (excluding diaryl/α,β-unsaturated/α-hetero) is 1. The summed E-state index contributed by atoms with van der Waals surface area (Å²) in [5.41, 5.74) is 0.357. The Labute approximate surface area is 107 Å². The highest BCUT2D eigenvalue weighted by molar-refractivity contribution is 6.00. The number of methoxy groups -OCH3 is 1. The highest BCUT2D eigenvalue weighted by Crippen LogP contribution is 2.29. The maximum absolute atomic E-state index is 12.3. The molecular weight excluding hydrogens is 232 g/mol. The minimum atomic E-state index is -0.936. The molecule has 0 bridgehead atoms. The molecule has 1 N–H and O–H groups in total. The Bertz CT molecular complexity index is 422. The predicted octanol–water partition coefficient (Wildman–Crippen LogP) is 1.55. The molecule has 1 unspecified atom stereocenters. The number of ketones is 1. The molecule has 100 valence electrons. The van der Waals surface area contributed by atoms with Gasteiger partial charge in [-0.25, -0.2) is 0 Å². The maximum Gasteiger partial charge on any atom is 0.213 e. The summed E-state index contributed by atoms with van der Waals surface area (Å²) in [7, 11) is 3.18. The zero-order valence-electron chi connectivity index (χ0n) is 10.9. The second-order valence-corrected chi connectivity index (χ2v) is 4.89. The summed E-state index contributed by atoms with van der Waals surface area (Å²) in [6, 6.07) is 0. The number of hydrogen-bond acceptors (Lipinski definition) is 4. The van der Waals surface area contributed by atoms with Crippen molar-refractivity contribution in [3.05, 3.63) is 11.9 Å². The van der Waals surface area contributed by atoms with Crippen LogP contribution in [0.2, 0.25) is 0 Å². The monoisotopic (exact) mass is 252 g/mol. The predicted molar refractivity (Wildman–Crippen MR) is 66.7 cm³/mol. The van der Waals surface area contributed by atoms with E-state index in [0.717, 1.165) is 25.7 Å². The smallest absolute Gasteiger partial charge is 0.213 e. The number of carbonyl (C=O) groups is 1. The molecule has 18 heavy (non-hydrogen) atoms. The van der Waals surface area contributed by atoms with E-state index in [9.17, 15) is 9.90 Å². The van der Waals surface area contributed by atoms with Gasteiger partial charge in [0.2, 0.25) is 5.78 Å². The molecule has 1 aliphatic carbocycles. The summed E-state index contributed by atoms with van der Waals surface area (Å²) in [6.45, 7) is 0. The summed E-state index contributed by atoms with van der Waals surface area (Å²) in [6.07, 6.45) is 5.80. The SMILES string of the molecule is COc1cnn(C)c1C(=O)C(O)C1CCCCC1. The molecule has 0 spiro atoms. The molecule has 5 nitrogen and oxygen atoms in total. The third kappa shape index (κ3) is 2.41. The van der Waals surface area contributed by atoms with Gasteiger partial charge in [-0.15, -0.1) is 0 Å². The summed E-state index contributed by atoms with van der Waals surface area (Å²) in [5, 5.41) is 14.2. The summed E-state index contributed by atoms with van der Waals surface area (Å²) < 4.78 is 6.58. The lowest BCUT2D eigenvalue weighted by Crippen LogP contribution is -2.32. The first-order valence-electron chi connectivity index (χ1n) is 6.43. The zero-order chi connectivity index (χ0) is 13.1. The van der Waals surface area contributed by atoms with E-state index in [0.29, 0.717) is 11.4 Å². The van der Waals surface area contributed by atoms with Crippen molar-refractivity contribution in [1.29, 1.82) is 0 Å². The van der Waals surface area contributed by atoms with Gasteiger partial charge in [-0.3, -0.25) is 9.48 Å². The van der Waals surface area contributed by atoms with Crippen molar-refractivity contribution >= 4 is 5.78 Å². The van der Waals surface area contributed by atoms with Crippen molar-refractivity contribution in [3.63, 3.8) is 0 Å². The van der Waals surface area contributed by atoms with Crippen LogP contribution in [0.4, 0.5) is 0 Å². The Morgan fingerprint density at radius 1 is 1.50 bits per heavy atom. The van der Waals surface area contributed by atoms with Gasteiger partial charge in [-0.1, -0.05) is 19.3 Å². The number of aliphatic hydroxyl groups is 1. The third-order valence-electron chi connectivity index (χ3n) is 3.72. The minimum absolute atomic E-state index is 0.0749. The quantitative estimate of drug-likeness (QED) is 0.826. The van der Waals surface area contributed by atoms with Crippen LogP contribution < -0.4 is 4.74 Å². The molecule has 1 heterocycles. The van der Waals surface area contributed by atoms with Crippen LogP contribution >= 0.6 is 0 Å². The second kappa shape index (κ2) is 5.52. The van der Waals surface area contributed by atoms with Gasteiger partial charge in [0.15, 0.2) is 5.75 Å². The first-order chi connectivity index (χ1) is 8.65. The van der Waals surface area contributed by atoms with Gasteiger partial charge in [0.05, 0.1) is 13.3 Å². The fraction of sp³-hybridized carbons (Fsp3) is 0.692. The van der Waals surface area contributed by atoms with Gasteiger partial charge in [-0.05, 0) is 18.8 Å². The van der Waals surface area contributed by atoms with Crippen LogP contribution in [-0.2, 0) is 7.05 Å². The van der Waals surface area contributed by atoms with Crippen molar-refractivity contribution in [1.82, 2.24) is 9.78 Å². The molecule has 2 rings (SSSR count). The average Bonchev–Trinajstić information content (AvgIpc) is 2.79. The van der Waals surface area contributed by atoms with Crippen molar-refractivity contribution < 1.29 is 14.6 Å². The van der Waals surface area contributed by atoms with Crippen LogP contribution in [0.15, 0.2) is 6.20 Å². The van der Waals surface area contributed by atoms with Crippen molar-refractivity contribution in [2.24, 2.45) is 13.0 Å². The normalized spacial score (nSPS) is 18.6. The summed E-state index contributed by atoms with van der Waals surface area (Å²) in [5.74, 6) is 0.224. The Kier molecular flexibility index (Phi) is 4.01. The lowest BCUT2D eigenvalue weighted by atomic mass is 9.83. The first kappa shape index (κ1) is 13.1. The van der Waals surface area contributed by atoms with E-state index in [2.05, 4.69) is 5.10 Å². The van der Waals surface area contributed by atoms with Crippen LogP contribution in [0, 0.1) is 5.92 Å². The number of aromatic nitrogens is 2. The summed E-state index contributed by atoms with van der Waals surface area (Å²) >= 11 is 0. The van der Waals surface area contributed by atoms with Gasteiger partial charge < -0.3 is 9.84 Å². The lowest BCUT2D eigenvalue weighted by molar-refractivity contribution is 0.0522. The second-order valence-electron chi connectivity index (χ2n) is 4.89. The van der Waals surface area contributed by atoms with Gasteiger partial charge in [-0.2, -0.15) is 5.10 Å². The topological polar surface area (TPSA) is 64.4 Å². The zero-order valence-corrected chi connectivity index (χ0v) is 10.9. The Balaban J connectivity index is 2.16. The van der Waals surface area contributed by atoms with E-state index in [4.69, 9.17) is 4.74 Å². The number of ether oxygens (including phenoxy) is 1. The number of hydrogen-bond donors (Lipinski definition) is 1. The van der Waals surface area contributed by atoms with Gasteiger partial charge in [0, 0.05) is 7.05 Å². The van der Waals surface area contributed by atoms with E-state index < -0.39 is 6.10 Å². The third-order valence-corrected chi connectivity index (χ3v) is 3.72. The standard InChI is InChI=1S/C13H20N2O3/c1-15-11(10(18-2)8-14-15)13(17)12(16)9-6-4-3-5-7-9/h8-9,12,16H,3-7H2,1-2H3. The van der Waals surface area contributed by atoms with Crippen LogP contribution in [0.5, 0.6) is 5.75 Å². The highest BCUT2D eigenvalue weighted by Gasteiger charge is 2.31. The Morgan fingerprint density at radius 2 is 2.17 bits per heavy atom. The lowest BCUT2D eigenvalue weighted by Gasteiger charge is -2.25. The molecule has 1 atom stereocenters. The Morgan fingerprint density at radius 3 is 2.78 bits per heavy atom.